The molecule has 2 unspecified atom stereocenters. The highest BCUT2D eigenvalue weighted by atomic mass is 32.2. The molecule has 1 heterocycles. The van der Waals surface area contributed by atoms with E-state index >= 15 is 0 Å². The van der Waals surface area contributed by atoms with Gasteiger partial charge in [0.05, 0.1) is 9.79 Å². The summed E-state index contributed by atoms with van der Waals surface area (Å²) < 4.78 is 54.7. The highest BCUT2D eigenvalue weighted by molar-refractivity contribution is 7.89. The van der Waals surface area contributed by atoms with E-state index in [2.05, 4.69) is 13.2 Å². The van der Waals surface area contributed by atoms with E-state index in [-0.39, 0.29) is 47.3 Å². The Morgan fingerprint density at radius 1 is 0.647 bits per heavy atom. The molecule has 34 heavy (non-hydrogen) atoms. The number of nitrogens with zero attached hydrogens (tertiary/aromatic N) is 2. The summed E-state index contributed by atoms with van der Waals surface area (Å²) in [5, 5.41) is 37.7. The molecule has 4 N–H and O–H groups in total. The smallest absolute Gasteiger partial charge is 0.243 e. The molecule has 12 nitrogen and oxygen atoms in total. The largest absolute Gasteiger partial charge is 0.595 e. The molecule has 0 amide bonds. The van der Waals surface area contributed by atoms with Crippen LogP contribution in [0.2, 0.25) is 0 Å². The highest BCUT2D eigenvalue weighted by Gasteiger charge is 2.32. The van der Waals surface area contributed by atoms with Crippen LogP contribution in [0.15, 0.2) is 82.6 Å². The second kappa shape index (κ2) is 10.0. The minimum Gasteiger partial charge on any atom is -0.595 e. The maximum atomic E-state index is 13.1. The fraction of sp³-hybridized carbons (Fsp3) is 0.200. The Bertz CT molecular complexity index is 1160. The number of nitrogens with one attached hydrogen (secondary N) is 2. The van der Waals surface area contributed by atoms with Gasteiger partial charge in [-0.1, -0.05) is 13.2 Å². The molecule has 0 spiro atoms. The first-order valence-corrected chi connectivity index (χ1v) is 12.7. The highest BCUT2D eigenvalue weighted by Crippen LogP contribution is 2.25. The second-order valence-corrected chi connectivity index (χ2v) is 11.6. The number of quaternary nitrogens is 2. The molecule has 1 aliphatic heterocycles. The summed E-state index contributed by atoms with van der Waals surface area (Å²) in [4.78, 5) is -0.219. The van der Waals surface area contributed by atoms with Crippen molar-refractivity contribution in [2.45, 2.75) is 9.79 Å². The molecule has 2 atom stereocenters. The predicted molar refractivity (Wildman–Crippen MR) is 120 cm³/mol. The van der Waals surface area contributed by atoms with Crippen LogP contribution in [-0.2, 0) is 20.0 Å². The summed E-state index contributed by atoms with van der Waals surface area (Å²) in [5.41, 5.74) is 0.503. The number of benzene rings is 2. The Morgan fingerprint density at radius 3 is 1.15 bits per heavy atom. The van der Waals surface area contributed by atoms with E-state index in [1.54, 1.807) is 0 Å². The third-order valence-electron chi connectivity index (χ3n) is 5.08. The molecular formula is C20H24N4O8S2. The van der Waals surface area contributed by atoms with Crippen LogP contribution in [0.1, 0.15) is 0 Å². The average molecular weight is 513 g/mol. The zero-order chi connectivity index (χ0) is 25.3. The molecule has 0 aliphatic carbocycles. The number of sulfonamides is 2. The third kappa shape index (κ3) is 5.59. The van der Waals surface area contributed by atoms with Crippen molar-refractivity contribution in [1.29, 1.82) is 0 Å². The average Bonchev–Trinajstić information content (AvgIpc) is 2.77. The summed E-state index contributed by atoms with van der Waals surface area (Å²) in [6.45, 7) is 6.97. The van der Waals surface area contributed by atoms with Crippen LogP contribution < -0.4 is 10.5 Å². The number of rotatable bonds is 6. The van der Waals surface area contributed by atoms with Gasteiger partial charge in [-0.25, -0.2) is 27.3 Å². The molecule has 0 aromatic heterocycles. The lowest BCUT2D eigenvalue weighted by Gasteiger charge is -2.32. The molecule has 2 aromatic rings. The normalized spacial score (nSPS) is 18.8. The van der Waals surface area contributed by atoms with E-state index in [0.717, 1.165) is 8.61 Å². The van der Waals surface area contributed by atoms with Crippen molar-refractivity contribution in [3.05, 3.63) is 83.2 Å². The summed E-state index contributed by atoms with van der Waals surface area (Å²) in [5.74, 6) is 0. The zero-order valence-corrected chi connectivity index (χ0v) is 19.5. The molecule has 184 valence electrons. The van der Waals surface area contributed by atoms with Crippen LogP contribution in [-0.4, -0.2) is 62.0 Å². The first kappa shape index (κ1) is 26.1. The standard InChI is InChI=1S/C20H24N4O8S2/c1-15-11-21(33(29,30)19-7-3-17(4-8-19)23(25)26)13-16(2)14-22(12-15)34(31,32)20-9-5-18(6-10-20)24(27)28/h3-10,23-25,27H,1-2,11-14H2. The SMILES string of the molecule is C=C1CN(S(=O)(=O)c2ccc([NH+]([O-])O)cc2)CC(=C)CN(S(=O)(=O)c2ccc([NH+]([O-])O)cc2)C1. The first-order valence-electron chi connectivity index (χ1n) is 9.82. The van der Waals surface area contributed by atoms with Crippen molar-refractivity contribution in [1.82, 2.24) is 8.61 Å². The Labute approximate surface area is 197 Å². The molecule has 1 fully saturated rings. The number of hydrogen-bond donors (Lipinski definition) is 4. The fourth-order valence-corrected chi connectivity index (χ4v) is 6.35. The van der Waals surface area contributed by atoms with Gasteiger partial charge >= 0.3 is 0 Å². The van der Waals surface area contributed by atoms with Gasteiger partial charge in [0.25, 0.3) is 0 Å². The fourth-order valence-electron chi connectivity index (χ4n) is 3.39. The Hall–Kier alpha value is -2.50. The second-order valence-electron chi connectivity index (χ2n) is 7.71. The maximum Gasteiger partial charge on any atom is 0.243 e. The van der Waals surface area contributed by atoms with Crippen LogP contribution >= 0.6 is 0 Å². The lowest BCUT2D eigenvalue weighted by atomic mass is 10.2. The first-order chi connectivity index (χ1) is 15.8. The Balaban J connectivity index is 1.82. The van der Waals surface area contributed by atoms with E-state index in [1.807, 2.05) is 0 Å². The quantitative estimate of drug-likeness (QED) is 0.291. The topological polar surface area (TPSA) is 170 Å². The van der Waals surface area contributed by atoms with Crippen molar-refractivity contribution < 1.29 is 37.7 Å². The molecule has 2 aromatic carbocycles. The van der Waals surface area contributed by atoms with Crippen LogP contribution in [0.25, 0.3) is 0 Å². The van der Waals surface area contributed by atoms with Crippen molar-refractivity contribution in [2.75, 3.05) is 26.2 Å². The van der Waals surface area contributed by atoms with Gasteiger partial charge in [-0.2, -0.15) is 19.1 Å². The molecule has 3 rings (SSSR count). The van der Waals surface area contributed by atoms with Crippen LogP contribution in [0.5, 0.6) is 0 Å². The van der Waals surface area contributed by atoms with Crippen molar-refractivity contribution in [3.8, 4) is 0 Å². The summed E-state index contributed by atoms with van der Waals surface area (Å²) >= 11 is 0. The minimum atomic E-state index is -4.03. The van der Waals surface area contributed by atoms with E-state index in [0.29, 0.717) is 11.1 Å². The molecule has 0 radical (unpaired) electrons. The van der Waals surface area contributed by atoms with Crippen LogP contribution in [0, 0.1) is 10.4 Å². The number of hydrogen-bond acceptors (Lipinski definition) is 8. The van der Waals surface area contributed by atoms with Gasteiger partial charge in [0.15, 0.2) is 11.4 Å². The Morgan fingerprint density at radius 2 is 0.912 bits per heavy atom. The maximum absolute atomic E-state index is 13.1. The summed E-state index contributed by atoms with van der Waals surface area (Å²) in [6, 6.07) is 9.53. The van der Waals surface area contributed by atoms with Gasteiger partial charge in [0.1, 0.15) is 0 Å². The lowest BCUT2D eigenvalue weighted by molar-refractivity contribution is -0.991. The van der Waals surface area contributed by atoms with Crippen molar-refractivity contribution in [2.24, 2.45) is 0 Å². The van der Waals surface area contributed by atoms with Gasteiger partial charge < -0.3 is 10.4 Å². The van der Waals surface area contributed by atoms with Crippen LogP contribution in [0.3, 0.4) is 0 Å². The van der Waals surface area contributed by atoms with Crippen LogP contribution in [0.4, 0.5) is 11.4 Å². The molecule has 0 bridgehead atoms. The van der Waals surface area contributed by atoms with Crippen molar-refractivity contribution in [3.63, 3.8) is 0 Å². The van der Waals surface area contributed by atoms with E-state index in [4.69, 9.17) is 10.4 Å². The lowest BCUT2D eigenvalue weighted by Crippen LogP contribution is -2.99. The van der Waals surface area contributed by atoms with Gasteiger partial charge in [-0.15, -0.1) is 0 Å². The van der Waals surface area contributed by atoms with Crippen molar-refractivity contribution >= 4 is 31.4 Å². The molecule has 1 aliphatic rings. The Kier molecular flexibility index (Phi) is 7.69. The van der Waals surface area contributed by atoms with E-state index < -0.39 is 30.5 Å². The minimum absolute atomic E-state index is 0.0577. The van der Waals surface area contributed by atoms with Gasteiger partial charge in [-0.05, 0) is 35.4 Å². The van der Waals surface area contributed by atoms with Gasteiger partial charge in [0.2, 0.25) is 20.0 Å². The van der Waals surface area contributed by atoms with E-state index in [9.17, 15) is 27.3 Å². The summed E-state index contributed by atoms with van der Waals surface area (Å²) in [7, 11) is -8.07. The molecule has 14 heteroatoms. The third-order valence-corrected chi connectivity index (χ3v) is 8.69. The van der Waals surface area contributed by atoms with Gasteiger partial charge in [0, 0.05) is 50.4 Å². The summed E-state index contributed by atoms with van der Waals surface area (Å²) in [6.07, 6.45) is 0. The predicted octanol–water partition coefficient (Wildman–Crippen LogP) is -0.699. The molecular weight excluding hydrogens is 488 g/mol. The monoisotopic (exact) mass is 512 g/mol. The van der Waals surface area contributed by atoms with Gasteiger partial charge in [-0.3, -0.25) is 0 Å². The molecule has 1 saturated heterocycles. The van der Waals surface area contributed by atoms with E-state index in [1.165, 1.54) is 48.5 Å². The zero-order valence-electron chi connectivity index (χ0n) is 17.9. The molecule has 0 saturated carbocycles.